The maximum atomic E-state index is 13.7. The van der Waals surface area contributed by atoms with Gasteiger partial charge in [-0.15, -0.1) is 0 Å². The Bertz CT molecular complexity index is 1750. The SMILES string of the molecule is CCC(=O)Nc1c(C)c(C(=O)NCC(=O)Nc2c(C)c(C)c(C)c(C)c2C)c(C)c(C(=O)NCC(=O)Nc2c(C)c(C)c(C)c(C)c2C)c1C. The molecule has 5 amide bonds. The lowest BCUT2D eigenvalue weighted by Crippen LogP contribution is -2.36. The lowest BCUT2D eigenvalue weighted by atomic mass is 9.90. The summed E-state index contributed by atoms with van der Waals surface area (Å²) in [4.78, 5) is 66.2. The summed E-state index contributed by atoms with van der Waals surface area (Å²) in [5, 5.41) is 14.2. The molecule has 5 N–H and O–H groups in total. The average molecular weight is 684 g/mol. The van der Waals surface area contributed by atoms with Gasteiger partial charge in [-0.05, 0) is 162 Å². The molecule has 10 heteroatoms. The molecule has 0 radical (unpaired) electrons. The van der Waals surface area contributed by atoms with Gasteiger partial charge in [0.25, 0.3) is 11.8 Å². The van der Waals surface area contributed by atoms with Gasteiger partial charge in [0.05, 0.1) is 13.1 Å². The molecule has 0 unspecified atom stereocenters. The minimum Gasteiger partial charge on any atom is -0.343 e. The summed E-state index contributed by atoms with van der Waals surface area (Å²) >= 11 is 0. The standard InChI is InChI=1S/C40H53N5O5/c1-15-31(46)43-38-29(13)34(39(49)41-16-32(47)44-36-24(8)20(4)18(2)21(5)25(36)9)28(12)35(30(38)14)40(50)42-17-33(48)45-37-26(10)22(6)19(3)23(7)27(37)11/h15-17H2,1-14H3,(H,41,49)(H,42,50)(H,43,46)(H,44,47)(H,45,48). The Kier molecular flexibility index (Phi) is 12.4. The number of hydrogen-bond acceptors (Lipinski definition) is 5. The molecular weight excluding hydrogens is 630 g/mol. The molecule has 0 saturated carbocycles. The maximum Gasteiger partial charge on any atom is 0.252 e. The number of carbonyl (C=O) groups is 5. The minimum atomic E-state index is -0.574. The second kappa shape index (κ2) is 15.7. The van der Waals surface area contributed by atoms with Crippen LogP contribution < -0.4 is 26.6 Å². The Morgan fingerprint density at radius 2 is 0.620 bits per heavy atom. The number of carbonyl (C=O) groups excluding carboxylic acids is 5. The van der Waals surface area contributed by atoms with Crippen LogP contribution >= 0.6 is 0 Å². The number of hydrogen-bond donors (Lipinski definition) is 5. The summed E-state index contributed by atoms with van der Waals surface area (Å²) in [5.41, 5.74) is 13.9. The third-order valence-corrected chi connectivity index (χ3v) is 10.6. The summed E-state index contributed by atoms with van der Waals surface area (Å²) in [6.45, 7) is 26.1. The first kappa shape index (κ1) is 39.4. The van der Waals surface area contributed by atoms with Crippen LogP contribution in [0.4, 0.5) is 17.1 Å². The van der Waals surface area contributed by atoms with Gasteiger partial charge in [-0.3, -0.25) is 24.0 Å². The summed E-state index contributed by atoms with van der Waals surface area (Å²) in [7, 11) is 0. The van der Waals surface area contributed by atoms with E-state index in [1.54, 1.807) is 27.7 Å². The largest absolute Gasteiger partial charge is 0.343 e. The minimum absolute atomic E-state index is 0.163. The number of anilines is 3. The highest BCUT2D eigenvalue weighted by Crippen LogP contribution is 2.33. The van der Waals surface area contributed by atoms with Gasteiger partial charge in [0, 0.05) is 34.6 Å². The molecule has 268 valence electrons. The molecule has 0 saturated heterocycles. The van der Waals surface area contributed by atoms with Gasteiger partial charge in [0.1, 0.15) is 0 Å². The van der Waals surface area contributed by atoms with Crippen molar-refractivity contribution in [2.75, 3.05) is 29.0 Å². The van der Waals surface area contributed by atoms with E-state index >= 15 is 0 Å². The predicted octanol–water partition coefficient (Wildman–Crippen LogP) is 6.78. The van der Waals surface area contributed by atoms with E-state index in [1.807, 2.05) is 55.4 Å². The van der Waals surface area contributed by atoms with Gasteiger partial charge in [0.15, 0.2) is 0 Å². The van der Waals surface area contributed by atoms with Crippen LogP contribution in [0.15, 0.2) is 0 Å². The van der Waals surface area contributed by atoms with Gasteiger partial charge in [-0.1, -0.05) is 6.92 Å². The molecule has 0 fully saturated rings. The van der Waals surface area contributed by atoms with Crippen molar-refractivity contribution < 1.29 is 24.0 Å². The third kappa shape index (κ3) is 7.74. The molecule has 10 nitrogen and oxygen atoms in total. The molecule has 0 bridgehead atoms. The topological polar surface area (TPSA) is 146 Å². The summed E-state index contributed by atoms with van der Waals surface area (Å²) in [6.07, 6.45) is 0.184. The highest BCUT2D eigenvalue weighted by atomic mass is 16.2. The van der Waals surface area contributed by atoms with Crippen LogP contribution in [0.3, 0.4) is 0 Å². The summed E-state index contributed by atoms with van der Waals surface area (Å²) < 4.78 is 0. The van der Waals surface area contributed by atoms with Crippen molar-refractivity contribution in [2.24, 2.45) is 0 Å². The Hall–Kier alpha value is -4.99. The molecule has 0 heterocycles. The Balaban J connectivity index is 1.90. The van der Waals surface area contributed by atoms with E-state index in [0.717, 1.165) is 55.9 Å². The molecule has 3 aromatic carbocycles. The van der Waals surface area contributed by atoms with Crippen LogP contribution in [0.2, 0.25) is 0 Å². The molecule has 0 atom stereocenters. The first-order valence-electron chi connectivity index (χ1n) is 17.0. The van der Waals surface area contributed by atoms with Crippen molar-refractivity contribution in [3.63, 3.8) is 0 Å². The highest BCUT2D eigenvalue weighted by Gasteiger charge is 2.27. The van der Waals surface area contributed by atoms with Crippen molar-refractivity contribution in [1.29, 1.82) is 0 Å². The van der Waals surface area contributed by atoms with E-state index in [9.17, 15) is 24.0 Å². The van der Waals surface area contributed by atoms with Crippen molar-refractivity contribution >= 4 is 46.6 Å². The van der Waals surface area contributed by atoms with Crippen molar-refractivity contribution in [1.82, 2.24) is 10.6 Å². The highest BCUT2D eigenvalue weighted by molar-refractivity contribution is 6.09. The summed E-state index contributed by atoms with van der Waals surface area (Å²) in [5.74, 6) is -2.24. The number of benzene rings is 3. The van der Waals surface area contributed by atoms with E-state index in [1.165, 1.54) is 11.1 Å². The molecule has 0 aliphatic carbocycles. The Morgan fingerprint density at radius 1 is 0.360 bits per heavy atom. The zero-order valence-electron chi connectivity index (χ0n) is 32.2. The average Bonchev–Trinajstić information content (AvgIpc) is 3.08. The molecule has 50 heavy (non-hydrogen) atoms. The van der Waals surface area contributed by atoms with E-state index < -0.39 is 23.6 Å². The van der Waals surface area contributed by atoms with Gasteiger partial charge in [-0.25, -0.2) is 0 Å². The molecule has 0 aliphatic rings. The van der Waals surface area contributed by atoms with Crippen molar-refractivity contribution in [2.45, 2.75) is 103 Å². The van der Waals surface area contributed by atoms with Crippen LogP contribution in [0.1, 0.15) is 106 Å². The fourth-order valence-electron chi connectivity index (χ4n) is 6.56. The number of amides is 5. The van der Waals surface area contributed by atoms with Crippen LogP contribution in [-0.4, -0.2) is 42.6 Å². The lowest BCUT2D eigenvalue weighted by Gasteiger charge is -2.22. The molecular formula is C40H53N5O5. The van der Waals surface area contributed by atoms with Gasteiger partial charge in [0.2, 0.25) is 17.7 Å². The smallest absolute Gasteiger partial charge is 0.252 e. The fourth-order valence-corrected chi connectivity index (χ4v) is 6.56. The van der Waals surface area contributed by atoms with Gasteiger partial charge >= 0.3 is 0 Å². The van der Waals surface area contributed by atoms with Crippen molar-refractivity contribution in [3.05, 3.63) is 83.5 Å². The maximum absolute atomic E-state index is 13.7. The second-order valence-electron chi connectivity index (χ2n) is 13.4. The fraction of sp³-hybridized carbons (Fsp3) is 0.425. The summed E-state index contributed by atoms with van der Waals surface area (Å²) in [6, 6.07) is 0. The van der Waals surface area contributed by atoms with Crippen LogP contribution in [-0.2, 0) is 14.4 Å². The lowest BCUT2D eigenvalue weighted by molar-refractivity contribution is -0.116. The van der Waals surface area contributed by atoms with Crippen LogP contribution in [0.25, 0.3) is 0 Å². The van der Waals surface area contributed by atoms with Gasteiger partial charge < -0.3 is 26.6 Å². The molecule has 3 rings (SSSR count). The molecule has 0 spiro atoms. The number of rotatable bonds is 10. The zero-order valence-corrected chi connectivity index (χ0v) is 32.2. The number of nitrogens with one attached hydrogen (secondary N) is 5. The molecule has 0 aromatic heterocycles. The second-order valence-corrected chi connectivity index (χ2v) is 13.4. The third-order valence-electron chi connectivity index (χ3n) is 10.6. The molecule has 0 aliphatic heterocycles. The van der Waals surface area contributed by atoms with E-state index in [-0.39, 0.29) is 36.5 Å². The van der Waals surface area contributed by atoms with Crippen LogP contribution in [0.5, 0.6) is 0 Å². The van der Waals surface area contributed by atoms with E-state index in [4.69, 9.17) is 0 Å². The van der Waals surface area contributed by atoms with Crippen molar-refractivity contribution in [3.8, 4) is 0 Å². The predicted molar refractivity (Wildman–Crippen MR) is 202 cm³/mol. The zero-order chi connectivity index (χ0) is 37.9. The van der Waals surface area contributed by atoms with Crippen LogP contribution in [0, 0.1) is 90.0 Å². The Labute approximate surface area is 296 Å². The van der Waals surface area contributed by atoms with E-state index in [0.29, 0.717) is 22.4 Å². The first-order chi connectivity index (χ1) is 23.3. The monoisotopic (exact) mass is 683 g/mol. The normalized spacial score (nSPS) is 10.8. The van der Waals surface area contributed by atoms with E-state index in [2.05, 4.69) is 40.4 Å². The Morgan fingerprint density at radius 3 is 0.920 bits per heavy atom. The first-order valence-corrected chi connectivity index (χ1v) is 17.0. The van der Waals surface area contributed by atoms with Gasteiger partial charge in [-0.2, -0.15) is 0 Å². The molecule has 3 aromatic rings. The quantitative estimate of drug-likeness (QED) is 0.160.